The summed E-state index contributed by atoms with van der Waals surface area (Å²) >= 11 is 0. The van der Waals surface area contributed by atoms with Gasteiger partial charge in [-0.2, -0.15) is 0 Å². The second-order valence-electron chi connectivity index (χ2n) is 12.0. The summed E-state index contributed by atoms with van der Waals surface area (Å²) in [5.41, 5.74) is 0. The maximum atomic E-state index is 3.59. The number of H-pyrrole nitrogens is 1. The van der Waals surface area contributed by atoms with Crippen molar-refractivity contribution in [3.05, 3.63) is 18.2 Å². The second-order valence-corrected chi connectivity index (χ2v) is 12.0. The molecule has 1 rings (SSSR count). The fraction of sp³-hybridized carbons (Fsp3) is 0.912. The van der Waals surface area contributed by atoms with E-state index in [4.69, 9.17) is 0 Å². The van der Waals surface area contributed by atoms with Gasteiger partial charge in [0, 0.05) is 0 Å². The van der Waals surface area contributed by atoms with Gasteiger partial charge < -0.3 is 0 Å². The van der Waals surface area contributed by atoms with Gasteiger partial charge in [-0.1, -0.05) is 162 Å². The lowest BCUT2D eigenvalue weighted by atomic mass is 9.99. The average Bonchev–Trinajstić information content (AvgIpc) is 3.38. The molecule has 0 fully saturated rings. The zero-order valence-corrected chi connectivity index (χ0v) is 25.4. The fourth-order valence-corrected chi connectivity index (χ4v) is 5.81. The Morgan fingerprint density at radius 2 is 0.889 bits per heavy atom. The van der Waals surface area contributed by atoms with Crippen LogP contribution in [0.4, 0.5) is 0 Å². The molecule has 0 aliphatic rings. The van der Waals surface area contributed by atoms with E-state index in [1.807, 2.05) is 0 Å². The standard InChI is InChI=1S/C34H66N2/c1-5-7-9-11-13-15-17-18-19-20-22-24-26-28-32(3)34-35-30-31-36(34)33(4)29-27-25-23-21-16-14-12-10-8-6-2/h30-33H,5-29H2,1-4H3/p+1. The van der Waals surface area contributed by atoms with Gasteiger partial charge >= 0.3 is 0 Å². The summed E-state index contributed by atoms with van der Waals surface area (Å²) in [6.07, 6.45) is 40.0. The molecular weight excluding hydrogens is 436 g/mol. The van der Waals surface area contributed by atoms with Crippen molar-refractivity contribution in [2.75, 3.05) is 0 Å². The Balaban J connectivity index is 2.04. The number of aromatic amines is 1. The molecule has 0 amide bonds. The van der Waals surface area contributed by atoms with E-state index in [1.165, 1.54) is 166 Å². The Labute approximate surface area is 227 Å². The first kappa shape index (κ1) is 33.2. The molecule has 1 aromatic heterocycles. The van der Waals surface area contributed by atoms with Gasteiger partial charge in [-0.3, -0.25) is 0 Å². The minimum Gasteiger partial charge on any atom is -0.247 e. The van der Waals surface area contributed by atoms with E-state index < -0.39 is 0 Å². The van der Waals surface area contributed by atoms with Gasteiger partial charge in [-0.15, -0.1) is 0 Å². The van der Waals surface area contributed by atoms with Gasteiger partial charge in [0.05, 0.1) is 12.0 Å². The van der Waals surface area contributed by atoms with Crippen LogP contribution in [0.15, 0.2) is 12.4 Å². The summed E-state index contributed by atoms with van der Waals surface area (Å²) in [6.45, 7) is 9.45. The molecule has 2 heteroatoms. The molecule has 1 heterocycles. The topological polar surface area (TPSA) is 19.7 Å². The third kappa shape index (κ3) is 17.6. The molecule has 1 N–H and O–H groups in total. The van der Waals surface area contributed by atoms with Gasteiger partial charge in [0.1, 0.15) is 12.4 Å². The lowest BCUT2D eigenvalue weighted by Gasteiger charge is -2.14. The maximum absolute atomic E-state index is 3.59. The van der Waals surface area contributed by atoms with Crippen molar-refractivity contribution in [2.45, 2.75) is 200 Å². The molecule has 0 aromatic carbocycles. The van der Waals surface area contributed by atoms with Crippen molar-refractivity contribution in [2.24, 2.45) is 0 Å². The van der Waals surface area contributed by atoms with Crippen LogP contribution in [0, 0.1) is 0 Å². The van der Waals surface area contributed by atoms with Gasteiger partial charge in [-0.05, 0) is 26.2 Å². The highest BCUT2D eigenvalue weighted by atomic mass is 15.1. The Bertz CT molecular complexity index is 563. The van der Waals surface area contributed by atoms with Crippen LogP contribution in [-0.4, -0.2) is 4.98 Å². The average molecular weight is 504 g/mol. The van der Waals surface area contributed by atoms with Crippen LogP contribution >= 0.6 is 0 Å². The Kier molecular flexibility index (Phi) is 22.7. The van der Waals surface area contributed by atoms with Crippen LogP contribution in [0.2, 0.25) is 0 Å². The molecule has 2 nitrogen and oxygen atoms in total. The number of nitrogens with zero attached hydrogens (tertiary/aromatic N) is 1. The second kappa shape index (κ2) is 24.5. The Morgan fingerprint density at radius 1 is 0.528 bits per heavy atom. The Hall–Kier alpha value is -0.790. The van der Waals surface area contributed by atoms with E-state index in [2.05, 4.69) is 49.6 Å². The predicted molar refractivity (Wildman–Crippen MR) is 161 cm³/mol. The lowest BCUT2D eigenvalue weighted by molar-refractivity contribution is -0.727. The first-order valence-corrected chi connectivity index (χ1v) is 16.8. The number of hydrogen-bond acceptors (Lipinski definition) is 0. The minimum absolute atomic E-state index is 0.620. The van der Waals surface area contributed by atoms with Crippen molar-refractivity contribution in [3.8, 4) is 0 Å². The predicted octanol–water partition coefficient (Wildman–Crippen LogP) is 11.8. The molecule has 36 heavy (non-hydrogen) atoms. The van der Waals surface area contributed by atoms with Crippen LogP contribution in [0.25, 0.3) is 0 Å². The van der Waals surface area contributed by atoms with Crippen molar-refractivity contribution in [3.63, 3.8) is 0 Å². The van der Waals surface area contributed by atoms with E-state index in [-0.39, 0.29) is 0 Å². The quantitative estimate of drug-likeness (QED) is 0.0909. The van der Waals surface area contributed by atoms with E-state index >= 15 is 0 Å². The zero-order valence-electron chi connectivity index (χ0n) is 25.4. The number of unbranched alkanes of at least 4 members (excludes halogenated alkanes) is 21. The van der Waals surface area contributed by atoms with Crippen LogP contribution in [0.3, 0.4) is 0 Å². The number of imidazole rings is 1. The van der Waals surface area contributed by atoms with E-state index in [0.717, 1.165) is 0 Å². The molecule has 0 saturated carbocycles. The summed E-state index contributed by atoms with van der Waals surface area (Å²) in [5.74, 6) is 2.09. The summed E-state index contributed by atoms with van der Waals surface area (Å²) in [4.78, 5) is 3.59. The smallest absolute Gasteiger partial charge is 0.247 e. The molecule has 0 aliphatic carbocycles. The Morgan fingerprint density at radius 3 is 1.31 bits per heavy atom. The van der Waals surface area contributed by atoms with Crippen molar-refractivity contribution in [1.82, 2.24) is 4.98 Å². The van der Waals surface area contributed by atoms with Gasteiger partial charge in [0.2, 0.25) is 0 Å². The first-order valence-electron chi connectivity index (χ1n) is 16.8. The van der Waals surface area contributed by atoms with Gasteiger partial charge in [-0.25, -0.2) is 9.55 Å². The zero-order chi connectivity index (χ0) is 26.1. The molecule has 0 saturated heterocycles. The SMILES string of the molecule is CCCCCCCCCCCCCCCC(C)c1[nH]cc[n+]1C(C)CCCCCCCCCCCC. The van der Waals surface area contributed by atoms with E-state index in [9.17, 15) is 0 Å². The molecule has 0 aliphatic heterocycles. The van der Waals surface area contributed by atoms with Crippen molar-refractivity contribution in [1.29, 1.82) is 0 Å². The van der Waals surface area contributed by atoms with Crippen LogP contribution in [0.1, 0.15) is 206 Å². The molecule has 0 spiro atoms. The summed E-state index contributed by atoms with van der Waals surface area (Å²) in [7, 11) is 0. The lowest BCUT2D eigenvalue weighted by Crippen LogP contribution is -2.40. The van der Waals surface area contributed by atoms with Crippen molar-refractivity contribution >= 4 is 0 Å². The van der Waals surface area contributed by atoms with Gasteiger partial charge in [0.15, 0.2) is 0 Å². The highest BCUT2D eigenvalue weighted by Crippen LogP contribution is 2.21. The fourth-order valence-electron chi connectivity index (χ4n) is 5.81. The number of nitrogens with one attached hydrogen (secondary N) is 1. The van der Waals surface area contributed by atoms with Gasteiger partial charge in [0.25, 0.3) is 5.82 Å². The highest BCUT2D eigenvalue weighted by Gasteiger charge is 2.22. The number of rotatable bonds is 27. The molecule has 1 aromatic rings. The molecule has 0 radical (unpaired) electrons. The highest BCUT2D eigenvalue weighted by molar-refractivity contribution is 4.87. The van der Waals surface area contributed by atoms with Crippen LogP contribution in [-0.2, 0) is 0 Å². The van der Waals surface area contributed by atoms with E-state index in [1.54, 1.807) is 0 Å². The first-order chi connectivity index (χ1) is 17.7. The minimum atomic E-state index is 0.620. The largest absolute Gasteiger partial charge is 0.257 e. The number of hydrogen-bond donors (Lipinski definition) is 1. The number of aromatic nitrogens is 2. The molecule has 212 valence electrons. The van der Waals surface area contributed by atoms with Crippen molar-refractivity contribution < 1.29 is 4.57 Å². The summed E-state index contributed by atoms with van der Waals surface area (Å²) < 4.78 is 2.54. The van der Waals surface area contributed by atoms with Crippen LogP contribution < -0.4 is 4.57 Å². The van der Waals surface area contributed by atoms with Crippen LogP contribution in [0.5, 0.6) is 0 Å². The third-order valence-corrected chi connectivity index (χ3v) is 8.40. The molecular formula is C34H67N2+. The molecule has 2 atom stereocenters. The van der Waals surface area contributed by atoms with E-state index in [0.29, 0.717) is 12.0 Å². The monoisotopic (exact) mass is 504 g/mol. The summed E-state index contributed by atoms with van der Waals surface area (Å²) in [5, 5.41) is 0. The molecule has 2 unspecified atom stereocenters. The normalized spacial score (nSPS) is 13.3. The molecule has 0 bridgehead atoms. The maximum Gasteiger partial charge on any atom is 0.257 e. The third-order valence-electron chi connectivity index (χ3n) is 8.40. The summed E-state index contributed by atoms with van der Waals surface area (Å²) in [6, 6.07) is 0.620.